The Morgan fingerprint density at radius 1 is 1.24 bits per heavy atom. The molecule has 1 atom stereocenters. The summed E-state index contributed by atoms with van der Waals surface area (Å²) in [5.74, 6) is -1.55. The van der Waals surface area contributed by atoms with Gasteiger partial charge in [0.05, 0.1) is 21.8 Å². The molecule has 25 heavy (non-hydrogen) atoms. The number of hydrogen-bond acceptors (Lipinski definition) is 4. The Morgan fingerprint density at radius 3 is 2.60 bits per heavy atom. The Bertz CT molecular complexity index is 1000. The monoisotopic (exact) mass is 360 g/mol. The second-order valence-corrected chi connectivity index (χ2v) is 6.54. The Kier molecular flexibility index (Phi) is 4.31. The number of fused-ring (bicyclic) bond motifs is 1. The number of carbonyl (C=O) groups is 1. The molecular formula is C18H11F3N2OS. The minimum absolute atomic E-state index is 0.199. The van der Waals surface area contributed by atoms with Gasteiger partial charge >= 0.3 is 6.18 Å². The Morgan fingerprint density at radius 2 is 1.96 bits per heavy atom. The molecule has 0 aliphatic heterocycles. The van der Waals surface area contributed by atoms with E-state index in [1.165, 1.54) is 6.07 Å². The van der Waals surface area contributed by atoms with E-state index in [2.05, 4.69) is 4.98 Å². The zero-order valence-corrected chi connectivity index (χ0v) is 13.8. The molecule has 3 rings (SSSR count). The summed E-state index contributed by atoms with van der Waals surface area (Å²) in [5.41, 5.74) is 0.692. The fraction of sp³-hybridized carbons (Fsp3) is 0.167. The smallest absolute Gasteiger partial charge is 0.292 e. The molecule has 0 spiro atoms. The highest BCUT2D eigenvalue weighted by atomic mass is 32.1. The van der Waals surface area contributed by atoms with Gasteiger partial charge in [0.1, 0.15) is 5.01 Å². The van der Waals surface area contributed by atoms with Gasteiger partial charge in [-0.15, -0.1) is 11.3 Å². The third kappa shape index (κ3) is 3.26. The first-order valence-electron chi connectivity index (χ1n) is 7.28. The highest BCUT2D eigenvalue weighted by Crippen LogP contribution is 2.35. The number of halogens is 3. The van der Waals surface area contributed by atoms with Crippen molar-refractivity contribution in [1.29, 1.82) is 5.26 Å². The number of aromatic nitrogens is 1. The summed E-state index contributed by atoms with van der Waals surface area (Å²) in [7, 11) is 0. The van der Waals surface area contributed by atoms with E-state index in [1.807, 2.05) is 6.07 Å². The van der Waals surface area contributed by atoms with Crippen LogP contribution < -0.4 is 0 Å². The zero-order chi connectivity index (χ0) is 18.2. The Balaban J connectivity index is 2.03. The number of ketones is 1. The maximum absolute atomic E-state index is 12.8. The molecule has 0 radical (unpaired) electrons. The lowest BCUT2D eigenvalue weighted by molar-refractivity contribution is -0.137. The minimum atomic E-state index is -4.45. The van der Waals surface area contributed by atoms with Crippen molar-refractivity contribution in [2.45, 2.75) is 19.0 Å². The summed E-state index contributed by atoms with van der Waals surface area (Å²) >= 11 is 0.935. The van der Waals surface area contributed by atoms with Crippen molar-refractivity contribution in [2.75, 3.05) is 0 Å². The van der Waals surface area contributed by atoms with Crippen LogP contribution in [0.5, 0.6) is 0 Å². The highest BCUT2D eigenvalue weighted by Gasteiger charge is 2.31. The van der Waals surface area contributed by atoms with Crippen LogP contribution in [0.25, 0.3) is 10.2 Å². The van der Waals surface area contributed by atoms with Gasteiger partial charge in [0.25, 0.3) is 0 Å². The summed E-state index contributed by atoms with van der Waals surface area (Å²) in [6.07, 6.45) is -4.45. The number of hydrogen-bond donors (Lipinski definition) is 0. The molecule has 126 valence electrons. The van der Waals surface area contributed by atoms with Crippen molar-refractivity contribution in [1.82, 2.24) is 4.98 Å². The van der Waals surface area contributed by atoms with Gasteiger partial charge in [0.15, 0.2) is 11.7 Å². The van der Waals surface area contributed by atoms with Crippen LogP contribution in [0.15, 0.2) is 42.5 Å². The van der Waals surface area contributed by atoms with Crippen molar-refractivity contribution in [3.05, 3.63) is 64.2 Å². The number of carbonyl (C=O) groups excluding carboxylic acids is 1. The van der Waals surface area contributed by atoms with Crippen molar-refractivity contribution in [3.63, 3.8) is 0 Å². The summed E-state index contributed by atoms with van der Waals surface area (Å²) in [5, 5.41) is 9.63. The number of benzene rings is 2. The van der Waals surface area contributed by atoms with Gasteiger partial charge in [-0.1, -0.05) is 24.3 Å². The molecule has 0 saturated heterocycles. The quantitative estimate of drug-likeness (QED) is 0.610. The number of nitrogens with zero attached hydrogens (tertiary/aromatic N) is 2. The summed E-state index contributed by atoms with van der Waals surface area (Å²) in [4.78, 5) is 16.9. The average Bonchev–Trinajstić information content (AvgIpc) is 2.97. The minimum Gasteiger partial charge on any atom is -0.292 e. The fourth-order valence-electron chi connectivity index (χ4n) is 2.47. The first-order valence-corrected chi connectivity index (χ1v) is 8.10. The maximum atomic E-state index is 12.8. The molecule has 0 bridgehead atoms. The van der Waals surface area contributed by atoms with Crippen LogP contribution >= 0.6 is 11.3 Å². The highest BCUT2D eigenvalue weighted by molar-refractivity contribution is 7.18. The van der Waals surface area contributed by atoms with E-state index in [0.717, 1.165) is 29.0 Å². The van der Waals surface area contributed by atoms with Gasteiger partial charge in [-0.25, -0.2) is 4.98 Å². The van der Waals surface area contributed by atoms with Crippen LogP contribution in [0.2, 0.25) is 0 Å². The molecule has 3 aromatic rings. The second-order valence-electron chi connectivity index (χ2n) is 5.47. The topological polar surface area (TPSA) is 53.8 Å². The number of nitriles is 1. The molecule has 0 fully saturated rings. The van der Waals surface area contributed by atoms with Crippen LogP contribution in [0.3, 0.4) is 0 Å². The molecule has 3 nitrogen and oxygen atoms in total. The van der Waals surface area contributed by atoms with Crippen LogP contribution in [0.4, 0.5) is 13.2 Å². The van der Waals surface area contributed by atoms with Crippen LogP contribution in [0.1, 0.15) is 32.4 Å². The zero-order valence-electron chi connectivity index (χ0n) is 13.0. The van der Waals surface area contributed by atoms with Gasteiger partial charge in [-0.05, 0) is 30.7 Å². The van der Waals surface area contributed by atoms with E-state index in [-0.39, 0.29) is 5.01 Å². The van der Waals surface area contributed by atoms with E-state index >= 15 is 0 Å². The number of alkyl halides is 3. The molecule has 0 saturated carbocycles. The lowest BCUT2D eigenvalue weighted by Crippen LogP contribution is -2.12. The standard InChI is InChI=1S/C18H11F3N2OS/c1-10-4-2-3-5-12(10)16(24)13(9-22)17-23-14-7-6-11(18(19,20)21)8-15(14)25-17/h2-8,13H,1H3/t13-/m0/s1. The molecule has 0 unspecified atom stereocenters. The molecule has 0 aliphatic rings. The van der Waals surface area contributed by atoms with Gasteiger partial charge < -0.3 is 0 Å². The van der Waals surface area contributed by atoms with E-state index in [0.29, 0.717) is 15.8 Å². The van der Waals surface area contributed by atoms with E-state index in [1.54, 1.807) is 31.2 Å². The van der Waals surface area contributed by atoms with E-state index < -0.39 is 23.4 Å². The first-order chi connectivity index (χ1) is 11.8. The predicted octanol–water partition coefficient (Wildman–Crippen LogP) is 5.11. The predicted molar refractivity (Wildman–Crippen MR) is 88.5 cm³/mol. The van der Waals surface area contributed by atoms with E-state index in [9.17, 15) is 23.2 Å². The van der Waals surface area contributed by atoms with Crippen molar-refractivity contribution >= 4 is 27.3 Å². The van der Waals surface area contributed by atoms with Gasteiger partial charge in [-0.3, -0.25) is 4.79 Å². The van der Waals surface area contributed by atoms with Gasteiger partial charge in [0, 0.05) is 5.56 Å². The molecule has 0 amide bonds. The van der Waals surface area contributed by atoms with Crippen molar-refractivity contribution in [2.24, 2.45) is 0 Å². The third-order valence-electron chi connectivity index (χ3n) is 3.78. The maximum Gasteiger partial charge on any atom is 0.416 e. The van der Waals surface area contributed by atoms with Crippen molar-refractivity contribution in [3.8, 4) is 6.07 Å². The van der Waals surface area contributed by atoms with Crippen molar-refractivity contribution < 1.29 is 18.0 Å². The largest absolute Gasteiger partial charge is 0.416 e. The SMILES string of the molecule is Cc1ccccc1C(=O)[C@H](C#N)c1nc2ccc(C(F)(F)F)cc2s1. The van der Waals surface area contributed by atoms with Gasteiger partial charge in [-0.2, -0.15) is 18.4 Å². The number of Topliss-reactive ketones (excluding diaryl/α,β-unsaturated/α-hetero) is 1. The van der Waals surface area contributed by atoms with Gasteiger partial charge in [0.2, 0.25) is 0 Å². The second kappa shape index (κ2) is 6.30. The normalized spacial score (nSPS) is 12.8. The number of aryl methyl sites for hydroxylation is 1. The molecule has 2 aromatic carbocycles. The lowest BCUT2D eigenvalue weighted by Gasteiger charge is -2.07. The fourth-order valence-corrected chi connectivity index (χ4v) is 3.52. The Hall–Kier alpha value is -2.72. The molecule has 1 aromatic heterocycles. The summed E-state index contributed by atoms with van der Waals surface area (Å²) in [6, 6.07) is 12.0. The molecule has 0 aliphatic carbocycles. The third-order valence-corrected chi connectivity index (χ3v) is 4.86. The lowest BCUT2D eigenvalue weighted by atomic mass is 9.96. The van der Waals surface area contributed by atoms with E-state index in [4.69, 9.17) is 0 Å². The number of thiazole rings is 1. The van der Waals surface area contributed by atoms with Crippen LogP contribution in [-0.2, 0) is 6.18 Å². The molecule has 7 heteroatoms. The molecular weight excluding hydrogens is 349 g/mol. The first kappa shape index (κ1) is 17.1. The number of rotatable bonds is 3. The molecule has 0 N–H and O–H groups in total. The summed E-state index contributed by atoms with van der Waals surface area (Å²) < 4.78 is 38.8. The molecule has 1 heterocycles. The summed E-state index contributed by atoms with van der Waals surface area (Å²) in [6.45, 7) is 1.76. The van der Waals surface area contributed by atoms with Crippen LogP contribution in [-0.4, -0.2) is 10.8 Å². The Labute approximate surface area is 145 Å². The van der Waals surface area contributed by atoms with Crippen LogP contribution in [0, 0.1) is 18.3 Å². The average molecular weight is 360 g/mol.